The summed E-state index contributed by atoms with van der Waals surface area (Å²) in [6, 6.07) is 0.884. The number of nitrogens with zero attached hydrogens (tertiary/aromatic N) is 4. The van der Waals surface area contributed by atoms with E-state index in [1.807, 2.05) is 6.92 Å². The number of ether oxygens (including phenoxy) is 1. The fraction of sp³-hybridized carbons (Fsp3) is 0.769. The Labute approximate surface area is 119 Å². The summed E-state index contributed by atoms with van der Waals surface area (Å²) >= 11 is 0. The molecule has 1 aromatic heterocycles. The molecule has 1 saturated heterocycles. The van der Waals surface area contributed by atoms with Gasteiger partial charge in [0.15, 0.2) is 0 Å². The Morgan fingerprint density at radius 1 is 1.40 bits per heavy atom. The van der Waals surface area contributed by atoms with Gasteiger partial charge in [0.2, 0.25) is 11.9 Å². The molecule has 1 unspecified atom stereocenters. The summed E-state index contributed by atoms with van der Waals surface area (Å²) in [5.41, 5.74) is 5.64. The number of hydrogen-bond acceptors (Lipinski definition) is 7. The van der Waals surface area contributed by atoms with Crippen LogP contribution < -0.4 is 15.8 Å². The van der Waals surface area contributed by atoms with Crippen LogP contribution >= 0.6 is 0 Å². The summed E-state index contributed by atoms with van der Waals surface area (Å²) < 4.78 is 5.26. The Balaban J connectivity index is 1.88. The van der Waals surface area contributed by atoms with Gasteiger partial charge < -0.3 is 20.7 Å². The van der Waals surface area contributed by atoms with Gasteiger partial charge in [-0.25, -0.2) is 0 Å². The number of aromatic nitrogens is 3. The van der Waals surface area contributed by atoms with Crippen molar-refractivity contribution in [3.05, 3.63) is 0 Å². The highest BCUT2D eigenvalue weighted by molar-refractivity contribution is 5.32. The lowest BCUT2D eigenvalue weighted by atomic mass is 10.1. The minimum atomic E-state index is 0.182. The largest absolute Gasteiger partial charge is 0.464 e. The van der Waals surface area contributed by atoms with Gasteiger partial charge in [0, 0.05) is 19.1 Å². The smallest absolute Gasteiger partial charge is 0.323 e. The molecular weight excluding hydrogens is 256 g/mol. The fourth-order valence-corrected chi connectivity index (χ4v) is 2.38. The standard InChI is InChI=1S/C13H24N6O/c1-4-20-13-17-11(14)16-12(18-13)15-7-10-5-6-19(8-10)9(2)3/h9-10H,4-8H2,1-3H3,(H3,14,15,16,17,18). The van der Waals surface area contributed by atoms with Crippen LogP contribution in [0.1, 0.15) is 27.2 Å². The summed E-state index contributed by atoms with van der Waals surface area (Å²) in [4.78, 5) is 14.7. The van der Waals surface area contributed by atoms with E-state index in [0.717, 1.165) is 19.6 Å². The molecule has 0 saturated carbocycles. The first-order valence-corrected chi connectivity index (χ1v) is 7.20. The summed E-state index contributed by atoms with van der Waals surface area (Å²) in [5.74, 6) is 1.29. The first-order valence-electron chi connectivity index (χ1n) is 7.20. The van der Waals surface area contributed by atoms with Gasteiger partial charge in [0.05, 0.1) is 6.61 Å². The third-order valence-electron chi connectivity index (χ3n) is 3.50. The van der Waals surface area contributed by atoms with E-state index >= 15 is 0 Å². The Hall–Kier alpha value is -1.63. The third kappa shape index (κ3) is 3.93. The lowest BCUT2D eigenvalue weighted by Gasteiger charge is -2.20. The number of hydrogen-bond donors (Lipinski definition) is 2. The molecule has 0 spiro atoms. The molecule has 20 heavy (non-hydrogen) atoms. The van der Waals surface area contributed by atoms with Crippen molar-refractivity contribution in [2.24, 2.45) is 5.92 Å². The van der Waals surface area contributed by atoms with Gasteiger partial charge in [-0.1, -0.05) is 0 Å². The van der Waals surface area contributed by atoms with Crippen LogP contribution in [0.25, 0.3) is 0 Å². The maximum Gasteiger partial charge on any atom is 0.323 e. The Morgan fingerprint density at radius 3 is 2.85 bits per heavy atom. The van der Waals surface area contributed by atoms with Crippen LogP contribution in [-0.2, 0) is 0 Å². The van der Waals surface area contributed by atoms with Gasteiger partial charge in [-0.3, -0.25) is 0 Å². The average molecular weight is 280 g/mol. The van der Waals surface area contributed by atoms with Crippen LogP contribution in [-0.4, -0.2) is 52.1 Å². The van der Waals surface area contributed by atoms with Gasteiger partial charge in [0.25, 0.3) is 0 Å². The van der Waals surface area contributed by atoms with Crippen LogP contribution in [0.3, 0.4) is 0 Å². The zero-order valence-corrected chi connectivity index (χ0v) is 12.5. The van der Waals surface area contributed by atoms with E-state index in [9.17, 15) is 0 Å². The third-order valence-corrected chi connectivity index (χ3v) is 3.50. The second-order valence-corrected chi connectivity index (χ2v) is 5.36. The van der Waals surface area contributed by atoms with Gasteiger partial charge in [-0.15, -0.1) is 0 Å². The number of nitrogens with two attached hydrogens (primary N) is 1. The lowest BCUT2D eigenvalue weighted by molar-refractivity contribution is 0.266. The highest BCUT2D eigenvalue weighted by Crippen LogP contribution is 2.19. The van der Waals surface area contributed by atoms with Crippen LogP contribution in [0.2, 0.25) is 0 Å². The first-order chi connectivity index (χ1) is 9.58. The van der Waals surface area contributed by atoms with Crippen molar-refractivity contribution >= 4 is 11.9 Å². The SMILES string of the molecule is CCOc1nc(N)nc(NCC2CCN(C(C)C)C2)n1. The zero-order valence-electron chi connectivity index (χ0n) is 12.5. The molecular formula is C13H24N6O. The van der Waals surface area contributed by atoms with E-state index in [0.29, 0.717) is 24.5 Å². The molecule has 0 radical (unpaired) electrons. The van der Waals surface area contributed by atoms with Crippen molar-refractivity contribution in [2.45, 2.75) is 33.2 Å². The highest BCUT2D eigenvalue weighted by atomic mass is 16.5. The van der Waals surface area contributed by atoms with Crippen molar-refractivity contribution in [3.63, 3.8) is 0 Å². The van der Waals surface area contributed by atoms with E-state index in [1.165, 1.54) is 6.42 Å². The summed E-state index contributed by atoms with van der Waals surface area (Å²) in [6.07, 6.45) is 1.20. The zero-order chi connectivity index (χ0) is 14.5. The quantitative estimate of drug-likeness (QED) is 0.803. The molecule has 7 heteroatoms. The van der Waals surface area contributed by atoms with Crippen molar-refractivity contribution < 1.29 is 4.74 Å². The summed E-state index contributed by atoms with van der Waals surface area (Å²) in [5, 5.41) is 3.24. The Kier molecular flexibility index (Phi) is 4.94. The van der Waals surface area contributed by atoms with Crippen molar-refractivity contribution in [1.29, 1.82) is 0 Å². The minimum Gasteiger partial charge on any atom is -0.464 e. The minimum absolute atomic E-state index is 0.182. The second-order valence-electron chi connectivity index (χ2n) is 5.36. The van der Waals surface area contributed by atoms with Gasteiger partial charge in [-0.05, 0) is 39.7 Å². The van der Waals surface area contributed by atoms with Gasteiger partial charge in [0.1, 0.15) is 0 Å². The molecule has 1 aliphatic heterocycles. The van der Waals surface area contributed by atoms with Crippen molar-refractivity contribution in [2.75, 3.05) is 37.3 Å². The maximum absolute atomic E-state index is 5.64. The van der Waals surface area contributed by atoms with Gasteiger partial charge >= 0.3 is 6.01 Å². The van der Waals surface area contributed by atoms with Crippen LogP contribution in [0.4, 0.5) is 11.9 Å². The highest BCUT2D eigenvalue weighted by Gasteiger charge is 2.24. The molecule has 0 bridgehead atoms. The molecule has 2 heterocycles. The molecule has 3 N–H and O–H groups in total. The number of anilines is 2. The number of nitrogens with one attached hydrogen (secondary N) is 1. The summed E-state index contributed by atoms with van der Waals surface area (Å²) in [6.45, 7) is 9.98. The number of nitrogen functional groups attached to an aromatic ring is 1. The van der Waals surface area contributed by atoms with Crippen LogP contribution in [0, 0.1) is 5.92 Å². The molecule has 0 aliphatic carbocycles. The predicted octanol–water partition coefficient (Wildman–Crippen LogP) is 0.995. The lowest BCUT2D eigenvalue weighted by Crippen LogP contribution is -2.29. The topological polar surface area (TPSA) is 89.2 Å². The monoisotopic (exact) mass is 280 g/mol. The molecule has 0 aromatic carbocycles. The molecule has 112 valence electrons. The van der Waals surface area contributed by atoms with E-state index in [-0.39, 0.29) is 12.0 Å². The molecule has 0 amide bonds. The normalized spacial score (nSPS) is 19.5. The number of rotatable bonds is 6. The van der Waals surface area contributed by atoms with E-state index in [1.54, 1.807) is 0 Å². The van der Waals surface area contributed by atoms with Gasteiger partial charge in [-0.2, -0.15) is 15.0 Å². The van der Waals surface area contributed by atoms with E-state index in [2.05, 4.69) is 39.0 Å². The molecule has 1 aliphatic rings. The van der Waals surface area contributed by atoms with E-state index < -0.39 is 0 Å². The van der Waals surface area contributed by atoms with Crippen LogP contribution in [0.5, 0.6) is 6.01 Å². The number of likely N-dealkylation sites (tertiary alicyclic amines) is 1. The first kappa shape index (κ1) is 14.8. The fourth-order valence-electron chi connectivity index (χ4n) is 2.38. The summed E-state index contributed by atoms with van der Waals surface area (Å²) in [7, 11) is 0. The molecule has 1 aromatic rings. The maximum atomic E-state index is 5.64. The molecule has 1 fully saturated rings. The molecule has 7 nitrogen and oxygen atoms in total. The second kappa shape index (κ2) is 6.69. The van der Waals surface area contributed by atoms with Crippen LogP contribution in [0.15, 0.2) is 0 Å². The van der Waals surface area contributed by atoms with Crippen molar-refractivity contribution in [1.82, 2.24) is 19.9 Å². The Bertz CT molecular complexity index is 439. The average Bonchev–Trinajstić information content (AvgIpc) is 2.85. The Morgan fingerprint density at radius 2 is 2.20 bits per heavy atom. The van der Waals surface area contributed by atoms with Crippen molar-refractivity contribution in [3.8, 4) is 6.01 Å². The van der Waals surface area contributed by atoms with E-state index in [4.69, 9.17) is 10.5 Å². The predicted molar refractivity (Wildman–Crippen MR) is 78.7 cm³/mol. The molecule has 1 atom stereocenters. The molecule has 2 rings (SSSR count).